The van der Waals surface area contributed by atoms with Gasteiger partial charge in [-0.15, -0.1) is 12.4 Å². The van der Waals surface area contributed by atoms with E-state index in [9.17, 15) is 4.79 Å². The van der Waals surface area contributed by atoms with E-state index in [1.165, 1.54) is 0 Å². The van der Waals surface area contributed by atoms with Gasteiger partial charge in [0.25, 0.3) is 0 Å². The first-order valence-corrected chi connectivity index (χ1v) is 7.06. The molecule has 1 saturated heterocycles. The van der Waals surface area contributed by atoms with Crippen LogP contribution in [0.4, 0.5) is 0 Å². The second-order valence-electron chi connectivity index (χ2n) is 6.11. The molecule has 0 saturated carbocycles. The third-order valence-electron chi connectivity index (χ3n) is 4.27. The summed E-state index contributed by atoms with van der Waals surface area (Å²) in [5.41, 5.74) is 6.25. The molecule has 112 valence electrons. The predicted octanol–water partition coefficient (Wildman–Crippen LogP) is 2.79. The topological polar surface area (TPSA) is 46.3 Å². The second-order valence-corrected chi connectivity index (χ2v) is 6.11. The van der Waals surface area contributed by atoms with Crippen molar-refractivity contribution in [3.63, 3.8) is 0 Å². The van der Waals surface area contributed by atoms with Gasteiger partial charge in [0.15, 0.2) is 0 Å². The van der Waals surface area contributed by atoms with Crippen molar-refractivity contribution in [2.75, 3.05) is 13.1 Å². The minimum atomic E-state index is -0.923. The van der Waals surface area contributed by atoms with Crippen molar-refractivity contribution in [1.82, 2.24) is 4.90 Å². The molecule has 0 aromatic heterocycles. The maximum Gasteiger partial charge on any atom is 0.246 e. The highest BCUT2D eigenvalue weighted by Crippen LogP contribution is 2.28. The normalized spacial score (nSPS) is 21.4. The number of halogens is 1. The van der Waals surface area contributed by atoms with Crippen LogP contribution in [-0.2, 0) is 10.3 Å². The van der Waals surface area contributed by atoms with Gasteiger partial charge in [-0.2, -0.15) is 0 Å². The summed E-state index contributed by atoms with van der Waals surface area (Å²) in [4.78, 5) is 14.6. The highest BCUT2D eigenvalue weighted by atomic mass is 35.5. The number of carbonyl (C=O) groups is 1. The number of nitrogens with two attached hydrogens (primary N) is 1. The van der Waals surface area contributed by atoms with Crippen LogP contribution in [0.5, 0.6) is 0 Å². The first-order chi connectivity index (χ1) is 8.93. The summed E-state index contributed by atoms with van der Waals surface area (Å²) in [6, 6.07) is 9.64. The lowest BCUT2D eigenvalue weighted by atomic mass is 9.91. The van der Waals surface area contributed by atoms with Crippen LogP contribution >= 0.6 is 12.4 Å². The lowest BCUT2D eigenvalue weighted by Gasteiger charge is -2.30. The SMILES string of the molecule is CC(C)C1CCN(C(=O)C(C)(N)c2ccccc2)C1.Cl. The molecule has 0 spiro atoms. The van der Waals surface area contributed by atoms with E-state index in [4.69, 9.17) is 5.73 Å². The molecule has 1 aliphatic heterocycles. The number of likely N-dealkylation sites (tertiary alicyclic amines) is 1. The maximum absolute atomic E-state index is 12.6. The van der Waals surface area contributed by atoms with Crippen molar-refractivity contribution in [1.29, 1.82) is 0 Å². The van der Waals surface area contributed by atoms with E-state index in [0.717, 1.165) is 25.1 Å². The number of carbonyl (C=O) groups excluding carboxylic acids is 1. The molecule has 0 aliphatic carbocycles. The van der Waals surface area contributed by atoms with Crippen molar-refractivity contribution in [3.8, 4) is 0 Å². The third-order valence-corrected chi connectivity index (χ3v) is 4.27. The molecule has 1 aromatic carbocycles. The maximum atomic E-state index is 12.6. The molecule has 2 atom stereocenters. The molecule has 1 aliphatic rings. The smallest absolute Gasteiger partial charge is 0.246 e. The van der Waals surface area contributed by atoms with E-state index in [2.05, 4.69) is 13.8 Å². The van der Waals surface area contributed by atoms with Gasteiger partial charge < -0.3 is 10.6 Å². The number of benzene rings is 1. The fourth-order valence-electron chi connectivity index (χ4n) is 2.75. The molecule has 1 heterocycles. The van der Waals surface area contributed by atoms with Gasteiger partial charge in [0.1, 0.15) is 5.54 Å². The number of rotatable bonds is 3. The van der Waals surface area contributed by atoms with Crippen molar-refractivity contribution in [2.45, 2.75) is 32.7 Å². The Bertz CT molecular complexity index is 445. The van der Waals surface area contributed by atoms with Gasteiger partial charge in [0, 0.05) is 13.1 Å². The van der Waals surface area contributed by atoms with Crippen LogP contribution in [0, 0.1) is 11.8 Å². The molecular weight excluding hydrogens is 272 g/mol. The van der Waals surface area contributed by atoms with Crippen LogP contribution in [-0.4, -0.2) is 23.9 Å². The Morgan fingerprint density at radius 1 is 1.35 bits per heavy atom. The Hall–Kier alpha value is -1.06. The van der Waals surface area contributed by atoms with Crippen molar-refractivity contribution < 1.29 is 4.79 Å². The summed E-state index contributed by atoms with van der Waals surface area (Å²) in [5, 5.41) is 0. The highest BCUT2D eigenvalue weighted by Gasteiger charge is 2.38. The van der Waals surface area contributed by atoms with Gasteiger partial charge in [0.2, 0.25) is 5.91 Å². The van der Waals surface area contributed by atoms with E-state index in [0.29, 0.717) is 11.8 Å². The molecule has 4 heteroatoms. The summed E-state index contributed by atoms with van der Waals surface area (Å²) >= 11 is 0. The fraction of sp³-hybridized carbons (Fsp3) is 0.562. The lowest BCUT2D eigenvalue weighted by molar-refractivity contribution is -0.135. The average Bonchev–Trinajstić information content (AvgIpc) is 2.88. The molecular formula is C16H25ClN2O. The molecule has 0 radical (unpaired) electrons. The second kappa shape index (κ2) is 6.59. The fourth-order valence-corrected chi connectivity index (χ4v) is 2.75. The molecule has 1 fully saturated rings. The van der Waals surface area contributed by atoms with E-state index in [-0.39, 0.29) is 18.3 Å². The molecule has 2 N–H and O–H groups in total. The largest absolute Gasteiger partial charge is 0.341 e. The summed E-state index contributed by atoms with van der Waals surface area (Å²) in [5.74, 6) is 1.27. The number of amides is 1. The first-order valence-electron chi connectivity index (χ1n) is 7.06. The Morgan fingerprint density at radius 3 is 2.45 bits per heavy atom. The predicted molar refractivity (Wildman–Crippen MR) is 84.8 cm³/mol. The molecule has 2 rings (SSSR count). The van der Waals surface area contributed by atoms with Crippen molar-refractivity contribution >= 4 is 18.3 Å². The standard InChI is InChI=1S/C16H24N2O.ClH/c1-12(2)13-9-10-18(11-13)15(19)16(3,17)14-7-5-4-6-8-14;/h4-8,12-13H,9-11,17H2,1-3H3;1H. The Morgan fingerprint density at radius 2 is 1.95 bits per heavy atom. The average molecular weight is 297 g/mol. The summed E-state index contributed by atoms with van der Waals surface area (Å²) < 4.78 is 0. The van der Waals surface area contributed by atoms with E-state index < -0.39 is 5.54 Å². The van der Waals surface area contributed by atoms with E-state index in [1.54, 1.807) is 0 Å². The zero-order valence-corrected chi connectivity index (χ0v) is 13.3. The minimum absolute atomic E-state index is 0. The van der Waals surface area contributed by atoms with Crippen LogP contribution < -0.4 is 5.73 Å². The molecule has 1 amide bonds. The summed E-state index contributed by atoms with van der Waals surface area (Å²) in [7, 11) is 0. The number of nitrogens with zero attached hydrogens (tertiary/aromatic N) is 1. The van der Waals surface area contributed by atoms with Crippen LogP contribution in [0.2, 0.25) is 0 Å². The summed E-state index contributed by atoms with van der Waals surface area (Å²) in [6.45, 7) is 7.93. The Balaban J connectivity index is 0.00000200. The molecule has 2 unspecified atom stereocenters. The van der Waals surface area contributed by atoms with Crippen LogP contribution in [0.1, 0.15) is 32.8 Å². The molecule has 0 bridgehead atoms. The van der Waals surface area contributed by atoms with Crippen molar-refractivity contribution in [2.24, 2.45) is 17.6 Å². The van der Waals surface area contributed by atoms with Crippen molar-refractivity contribution in [3.05, 3.63) is 35.9 Å². The van der Waals surface area contributed by atoms with Gasteiger partial charge in [0.05, 0.1) is 0 Å². The van der Waals surface area contributed by atoms with Crippen LogP contribution in [0.3, 0.4) is 0 Å². The lowest BCUT2D eigenvalue weighted by Crippen LogP contribution is -2.50. The van der Waals surface area contributed by atoms with Gasteiger partial charge in [-0.3, -0.25) is 4.79 Å². The number of hydrogen-bond donors (Lipinski definition) is 1. The third kappa shape index (κ3) is 3.33. The van der Waals surface area contributed by atoms with Gasteiger partial charge >= 0.3 is 0 Å². The highest BCUT2D eigenvalue weighted by molar-refractivity contribution is 5.87. The molecule has 3 nitrogen and oxygen atoms in total. The quantitative estimate of drug-likeness (QED) is 0.932. The summed E-state index contributed by atoms with van der Waals surface area (Å²) in [6.07, 6.45) is 1.09. The van der Waals surface area contributed by atoms with Gasteiger partial charge in [-0.1, -0.05) is 44.2 Å². The van der Waals surface area contributed by atoms with E-state index >= 15 is 0 Å². The Kier molecular flexibility index (Phi) is 5.60. The Labute approximate surface area is 127 Å². The van der Waals surface area contributed by atoms with Crippen LogP contribution in [0.15, 0.2) is 30.3 Å². The van der Waals surface area contributed by atoms with Gasteiger partial charge in [-0.25, -0.2) is 0 Å². The zero-order chi connectivity index (χ0) is 14.0. The van der Waals surface area contributed by atoms with Gasteiger partial charge in [-0.05, 0) is 30.7 Å². The van der Waals surface area contributed by atoms with Crippen LogP contribution in [0.25, 0.3) is 0 Å². The molecule has 20 heavy (non-hydrogen) atoms. The zero-order valence-electron chi connectivity index (χ0n) is 12.5. The minimum Gasteiger partial charge on any atom is -0.341 e. The number of hydrogen-bond acceptors (Lipinski definition) is 2. The monoisotopic (exact) mass is 296 g/mol. The van der Waals surface area contributed by atoms with E-state index in [1.807, 2.05) is 42.2 Å². The first kappa shape index (κ1) is 17.0. The molecule has 1 aromatic rings.